The molecule has 2 heterocycles. The standard InChI is InChI=1S/C23H21N4O3PS2/c1-15-21(22(28)26-31(2,29)30)25-23(33-15)27(12-16-6-4-3-5-7-16)13-18-14-32-20-10-17(11-24)8-9-19(18)20/h3-10,14H,12-13H2,1-2H3,(H2,26,28,29,30). The molecule has 168 valence electrons. The number of benzene rings is 2. The number of hydrogen-bond donors (Lipinski definition) is 2. The Kier molecular flexibility index (Phi) is 6.63. The Balaban J connectivity index is 1.69. The van der Waals surface area contributed by atoms with Crippen LogP contribution < -0.4 is 9.99 Å². The van der Waals surface area contributed by atoms with E-state index in [1.807, 2.05) is 48.5 Å². The molecule has 1 amide bonds. The molecule has 0 aliphatic rings. The maximum absolute atomic E-state index is 12.5. The van der Waals surface area contributed by atoms with Gasteiger partial charge in [0.1, 0.15) is 5.69 Å². The number of aromatic nitrogens is 1. The fourth-order valence-corrected chi connectivity index (χ4v) is 5.82. The first-order valence-corrected chi connectivity index (χ1v) is 13.8. The van der Waals surface area contributed by atoms with E-state index in [-0.39, 0.29) is 5.69 Å². The van der Waals surface area contributed by atoms with E-state index < -0.39 is 13.4 Å². The largest absolute Gasteiger partial charge is 0.339 e. The van der Waals surface area contributed by atoms with Gasteiger partial charge in [0.15, 0.2) is 5.13 Å². The number of nitrogens with zero attached hydrogens (tertiary/aromatic N) is 3. The highest BCUT2D eigenvalue weighted by Gasteiger charge is 2.23. The number of thiophene rings is 1. The first-order valence-electron chi connectivity index (χ1n) is 10.0. The minimum Gasteiger partial charge on any atom is -0.339 e. The maximum atomic E-state index is 12.5. The van der Waals surface area contributed by atoms with Crippen LogP contribution in [0, 0.1) is 18.3 Å². The quantitative estimate of drug-likeness (QED) is 0.337. The van der Waals surface area contributed by atoms with Gasteiger partial charge < -0.3 is 9.79 Å². The monoisotopic (exact) mass is 496 g/mol. The summed E-state index contributed by atoms with van der Waals surface area (Å²) >= 11 is 2.96. The van der Waals surface area contributed by atoms with Crippen molar-refractivity contribution in [3.8, 4) is 6.07 Å². The second kappa shape index (κ2) is 9.46. The highest BCUT2D eigenvalue weighted by atomic mass is 32.1. The first kappa shape index (κ1) is 23.1. The van der Waals surface area contributed by atoms with Crippen LogP contribution in [0.5, 0.6) is 0 Å². The lowest BCUT2D eigenvalue weighted by atomic mass is 10.1. The van der Waals surface area contributed by atoms with Gasteiger partial charge in [0.25, 0.3) is 13.4 Å². The van der Waals surface area contributed by atoms with Crippen molar-refractivity contribution in [2.75, 3.05) is 11.6 Å². The van der Waals surface area contributed by atoms with E-state index in [1.54, 1.807) is 18.3 Å². The lowest BCUT2D eigenvalue weighted by Gasteiger charge is -2.22. The summed E-state index contributed by atoms with van der Waals surface area (Å²) in [6.07, 6.45) is 0. The molecule has 0 aliphatic carbocycles. The number of fused-ring (bicyclic) bond motifs is 1. The molecule has 0 radical (unpaired) electrons. The molecule has 0 saturated carbocycles. The van der Waals surface area contributed by atoms with Crippen molar-refractivity contribution in [3.63, 3.8) is 0 Å². The number of aryl methyl sites for hydroxylation is 1. The van der Waals surface area contributed by atoms with E-state index in [1.165, 1.54) is 11.3 Å². The number of thiazole rings is 1. The average molecular weight is 497 g/mol. The van der Waals surface area contributed by atoms with Crippen molar-refractivity contribution >= 4 is 51.3 Å². The van der Waals surface area contributed by atoms with Crippen molar-refractivity contribution in [2.24, 2.45) is 0 Å². The average Bonchev–Trinajstić information content (AvgIpc) is 3.36. The molecule has 2 N–H and O–H groups in total. The number of hydrogen-bond acceptors (Lipinski definition) is 7. The van der Waals surface area contributed by atoms with Gasteiger partial charge in [-0.2, -0.15) is 5.26 Å². The zero-order chi connectivity index (χ0) is 23.6. The van der Waals surface area contributed by atoms with Crippen LogP contribution in [0.25, 0.3) is 10.1 Å². The SMILES string of the molecule is Cc1sc(N(Cc2ccccc2)Cc2csc3cc(C#N)ccc23)nc1C(=O)NP(C)(=O)O. The Bertz CT molecular complexity index is 1400. The molecule has 1 atom stereocenters. The topological polar surface area (TPSA) is 106 Å². The molecule has 0 saturated heterocycles. The Hall–Kier alpha value is -3.02. The Morgan fingerprint density at radius 2 is 2.00 bits per heavy atom. The van der Waals surface area contributed by atoms with Gasteiger partial charge in [-0.15, -0.1) is 22.7 Å². The fraction of sp³-hybridized carbons (Fsp3) is 0.174. The van der Waals surface area contributed by atoms with Gasteiger partial charge in [-0.25, -0.2) is 4.98 Å². The number of nitrogens with one attached hydrogen (secondary N) is 1. The molecule has 4 rings (SSSR count). The lowest BCUT2D eigenvalue weighted by molar-refractivity contribution is 0.0973. The number of carbonyl (C=O) groups is 1. The van der Waals surface area contributed by atoms with Gasteiger partial charge in [-0.05, 0) is 40.9 Å². The highest BCUT2D eigenvalue weighted by Crippen LogP contribution is 2.34. The van der Waals surface area contributed by atoms with Gasteiger partial charge in [0, 0.05) is 29.3 Å². The van der Waals surface area contributed by atoms with Crippen LogP contribution in [-0.2, 0) is 17.7 Å². The summed E-state index contributed by atoms with van der Waals surface area (Å²) < 4.78 is 12.7. The van der Waals surface area contributed by atoms with Crippen LogP contribution in [0.15, 0.2) is 53.9 Å². The summed E-state index contributed by atoms with van der Waals surface area (Å²) in [7, 11) is -3.73. The molecule has 0 fully saturated rings. The molecule has 0 spiro atoms. The van der Waals surface area contributed by atoms with Crippen molar-refractivity contribution in [2.45, 2.75) is 20.0 Å². The van der Waals surface area contributed by atoms with Crippen molar-refractivity contribution in [1.82, 2.24) is 10.1 Å². The third-order valence-corrected chi connectivity index (χ3v) is 7.59. The van der Waals surface area contributed by atoms with Gasteiger partial charge in [-0.1, -0.05) is 36.4 Å². The minimum atomic E-state index is -3.73. The van der Waals surface area contributed by atoms with Crippen molar-refractivity contribution in [3.05, 3.63) is 81.2 Å². The zero-order valence-corrected chi connectivity index (χ0v) is 20.5. The van der Waals surface area contributed by atoms with Gasteiger partial charge in [0.05, 0.1) is 11.6 Å². The smallest absolute Gasteiger partial charge is 0.290 e. The molecular formula is C23H21N4O3PS2. The van der Waals surface area contributed by atoms with Gasteiger partial charge in [0.2, 0.25) is 0 Å². The van der Waals surface area contributed by atoms with Crippen LogP contribution in [-0.4, -0.2) is 22.4 Å². The molecule has 33 heavy (non-hydrogen) atoms. The maximum Gasteiger partial charge on any atom is 0.290 e. The van der Waals surface area contributed by atoms with E-state index in [4.69, 9.17) is 0 Å². The minimum absolute atomic E-state index is 0.151. The molecule has 2 aromatic carbocycles. The predicted molar refractivity (Wildman–Crippen MR) is 133 cm³/mol. The lowest BCUT2D eigenvalue weighted by Crippen LogP contribution is -2.23. The second-order valence-corrected chi connectivity index (χ2v) is 11.7. The van der Waals surface area contributed by atoms with E-state index in [0.717, 1.165) is 27.9 Å². The summed E-state index contributed by atoms with van der Waals surface area (Å²) in [4.78, 5) is 29.3. The van der Waals surface area contributed by atoms with Crippen LogP contribution >= 0.6 is 30.2 Å². The second-order valence-electron chi connectivity index (χ2n) is 7.65. The summed E-state index contributed by atoms with van der Waals surface area (Å²) in [5.41, 5.74) is 2.97. The summed E-state index contributed by atoms with van der Waals surface area (Å²) in [6.45, 7) is 3.99. The van der Waals surface area contributed by atoms with Gasteiger partial charge >= 0.3 is 0 Å². The number of amides is 1. The summed E-state index contributed by atoms with van der Waals surface area (Å²) in [5, 5.41) is 15.1. The predicted octanol–water partition coefficient (Wildman–Crippen LogP) is 5.29. The zero-order valence-electron chi connectivity index (χ0n) is 18.0. The molecule has 7 nitrogen and oxygen atoms in total. The molecule has 4 aromatic rings. The van der Waals surface area contributed by atoms with Crippen LogP contribution in [0.4, 0.5) is 5.13 Å². The van der Waals surface area contributed by atoms with E-state index in [0.29, 0.717) is 28.7 Å². The van der Waals surface area contributed by atoms with Gasteiger partial charge in [-0.3, -0.25) is 14.4 Å². The highest BCUT2D eigenvalue weighted by molar-refractivity contribution is 7.55. The normalized spacial score (nSPS) is 12.8. The summed E-state index contributed by atoms with van der Waals surface area (Å²) in [6, 6.07) is 17.8. The molecule has 10 heteroatoms. The number of carbonyl (C=O) groups excluding carboxylic acids is 1. The Morgan fingerprint density at radius 3 is 2.70 bits per heavy atom. The van der Waals surface area contributed by atoms with E-state index in [2.05, 4.69) is 26.4 Å². The van der Waals surface area contributed by atoms with Crippen LogP contribution in [0.3, 0.4) is 0 Å². The first-order chi connectivity index (χ1) is 15.7. The molecule has 0 bridgehead atoms. The van der Waals surface area contributed by atoms with Crippen LogP contribution in [0.1, 0.15) is 32.1 Å². The number of nitriles is 1. The third-order valence-electron chi connectivity index (χ3n) is 4.94. The number of rotatable bonds is 7. The summed E-state index contributed by atoms with van der Waals surface area (Å²) in [5.74, 6) is -0.659. The van der Waals surface area contributed by atoms with Crippen LogP contribution in [0.2, 0.25) is 0 Å². The van der Waals surface area contributed by atoms with Crippen molar-refractivity contribution < 1.29 is 14.3 Å². The van der Waals surface area contributed by atoms with Crippen molar-refractivity contribution in [1.29, 1.82) is 5.26 Å². The molecule has 1 unspecified atom stereocenters. The molecule has 2 aromatic heterocycles. The van der Waals surface area contributed by atoms with E-state index >= 15 is 0 Å². The Morgan fingerprint density at radius 1 is 1.24 bits per heavy atom. The number of anilines is 1. The molecular weight excluding hydrogens is 475 g/mol. The Labute approximate surface area is 199 Å². The molecule has 0 aliphatic heterocycles. The third kappa shape index (κ3) is 5.49. The fourth-order valence-electron chi connectivity index (χ4n) is 3.45. The van der Waals surface area contributed by atoms with E-state index in [9.17, 15) is 19.5 Å².